The van der Waals surface area contributed by atoms with Gasteiger partial charge in [0.25, 0.3) is 0 Å². The Kier molecular flexibility index (Phi) is 4.71. The van der Waals surface area contributed by atoms with Gasteiger partial charge in [-0.2, -0.15) is 0 Å². The van der Waals surface area contributed by atoms with Crippen LogP contribution in [-0.4, -0.2) is 22.7 Å². The van der Waals surface area contributed by atoms with Crippen LogP contribution >= 0.6 is 0 Å². The number of rotatable bonds is 5. The minimum absolute atomic E-state index is 0.211. The van der Waals surface area contributed by atoms with Crippen molar-refractivity contribution in [1.82, 2.24) is 10.1 Å². The van der Waals surface area contributed by atoms with Gasteiger partial charge >= 0.3 is 0 Å². The maximum absolute atomic E-state index is 5.72. The summed E-state index contributed by atoms with van der Waals surface area (Å²) in [5.41, 5.74) is 3.63. The third-order valence-corrected chi connectivity index (χ3v) is 4.47. The number of hydrogen-bond donors (Lipinski definition) is 0. The van der Waals surface area contributed by atoms with Crippen molar-refractivity contribution in [3.05, 3.63) is 46.8 Å². The van der Waals surface area contributed by atoms with E-state index in [0.717, 1.165) is 30.3 Å². The summed E-state index contributed by atoms with van der Waals surface area (Å²) < 4.78 is 11.1. The molecule has 1 saturated heterocycles. The second kappa shape index (κ2) is 6.75. The van der Waals surface area contributed by atoms with E-state index in [1.165, 1.54) is 24.0 Å². The van der Waals surface area contributed by atoms with Gasteiger partial charge in [0.15, 0.2) is 0 Å². The summed E-state index contributed by atoms with van der Waals surface area (Å²) >= 11 is 0. The molecule has 1 atom stereocenters. The van der Waals surface area contributed by atoms with E-state index in [4.69, 9.17) is 9.26 Å². The molecule has 0 amide bonds. The lowest BCUT2D eigenvalue weighted by molar-refractivity contribution is 0.240. The van der Waals surface area contributed by atoms with Gasteiger partial charge in [-0.1, -0.05) is 17.3 Å². The Labute approximate surface area is 138 Å². The monoisotopic (exact) mass is 314 g/mol. The molecule has 1 aromatic carbocycles. The largest absolute Gasteiger partial charge is 0.491 e. The zero-order valence-corrected chi connectivity index (χ0v) is 14.5. The fraction of sp³-hybridized carbons (Fsp3) is 0.526. The van der Waals surface area contributed by atoms with Gasteiger partial charge in [-0.05, 0) is 64.8 Å². The fourth-order valence-corrected chi connectivity index (χ4v) is 3.49. The third kappa shape index (κ3) is 3.58. The van der Waals surface area contributed by atoms with E-state index >= 15 is 0 Å². The molecular weight excluding hydrogens is 288 g/mol. The van der Waals surface area contributed by atoms with Gasteiger partial charge in [-0.3, -0.25) is 4.90 Å². The number of ether oxygens (including phenoxy) is 1. The van der Waals surface area contributed by atoms with Gasteiger partial charge in [-0.15, -0.1) is 0 Å². The Morgan fingerprint density at radius 2 is 2.00 bits per heavy atom. The second-order valence-electron chi connectivity index (χ2n) is 6.68. The zero-order valence-electron chi connectivity index (χ0n) is 14.5. The molecular formula is C19H26N2O2. The standard InChI is InChI=1S/C19H26N2O2/c1-13(2)22-17-9-7-16(8-10-17)12-21-11-5-6-18(21)19-14(3)20-23-15(19)4/h7-10,13,18H,5-6,11-12H2,1-4H3/t18-/m1/s1. The SMILES string of the molecule is Cc1noc(C)c1[C@H]1CCCN1Cc1ccc(OC(C)C)cc1. The molecule has 124 valence electrons. The summed E-state index contributed by atoms with van der Waals surface area (Å²) in [6.07, 6.45) is 2.61. The average Bonchev–Trinajstić information content (AvgIpc) is 3.07. The van der Waals surface area contributed by atoms with E-state index in [-0.39, 0.29) is 6.10 Å². The normalized spacial score (nSPS) is 18.7. The van der Waals surface area contributed by atoms with E-state index in [2.05, 4.69) is 34.3 Å². The molecule has 0 aliphatic carbocycles. The lowest BCUT2D eigenvalue weighted by Gasteiger charge is -2.24. The third-order valence-electron chi connectivity index (χ3n) is 4.47. The molecule has 0 radical (unpaired) electrons. The highest BCUT2D eigenvalue weighted by Gasteiger charge is 2.30. The van der Waals surface area contributed by atoms with Gasteiger partial charge in [-0.25, -0.2) is 0 Å². The quantitative estimate of drug-likeness (QED) is 0.819. The lowest BCUT2D eigenvalue weighted by atomic mass is 10.0. The average molecular weight is 314 g/mol. The summed E-state index contributed by atoms with van der Waals surface area (Å²) in [6.45, 7) is 10.2. The number of aromatic nitrogens is 1. The maximum atomic E-state index is 5.72. The van der Waals surface area contributed by atoms with Gasteiger partial charge in [0.05, 0.1) is 11.8 Å². The van der Waals surface area contributed by atoms with E-state index in [9.17, 15) is 0 Å². The van der Waals surface area contributed by atoms with Crippen molar-refractivity contribution < 1.29 is 9.26 Å². The molecule has 1 aliphatic heterocycles. The topological polar surface area (TPSA) is 38.5 Å². The minimum atomic E-state index is 0.211. The van der Waals surface area contributed by atoms with Crippen LogP contribution in [0, 0.1) is 13.8 Å². The van der Waals surface area contributed by atoms with Crippen LogP contribution in [0.15, 0.2) is 28.8 Å². The predicted molar refractivity (Wildman–Crippen MR) is 90.6 cm³/mol. The first kappa shape index (κ1) is 16.1. The van der Waals surface area contributed by atoms with Crippen LogP contribution in [0.25, 0.3) is 0 Å². The van der Waals surface area contributed by atoms with Gasteiger partial charge in [0, 0.05) is 18.2 Å². The Morgan fingerprint density at radius 3 is 2.61 bits per heavy atom. The van der Waals surface area contributed by atoms with Crippen molar-refractivity contribution in [3.8, 4) is 5.75 Å². The molecule has 23 heavy (non-hydrogen) atoms. The molecule has 1 fully saturated rings. The zero-order chi connectivity index (χ0) is 16.4. The molecule has 2 aromatic rings. The Balaban J connectivity index is 1.72. The Morgan fingerprint density at radius 1 is 1.26 bits per heavy atom. The van der Waals surface area contributed by atoms with Crippen molar-refractivity contribution in [2.75, 3.05) is 6.54 Å². The molecule has 4 heteroatoms. The second-order valence-corrected chi connectivity index (χ2v) is 6.68. The fourth-order valence-electron chi connectivity index (χ4n) is 3.49. The highest BCUT2D eigenvalue weighted by molar-refractivity contribution is 5.29. The first-order valence-electron chi connectivity index (χ1n) is 8.47. The maximum Gasteiger partial charge on any atom is 0.138 e. The molecule has 2 heterocycles. The van der Waals surface area contributed by atoms with Gasteiger partial charge in [0.2, 0.25) is 0 Å². The predicted octanol–water partition coefficient (Wildman–Crippen LogP) is 4.42. The molecule has 4 nitrogen and oxygen atoms in total. The van der Waals surface area contributed by atoms with Crippen LogP contribution in [-0.2, 0) is 6.54 Å². The summed E-state index contributed by atoms with van der Waals surface area (Å²) in [5.74, 6) is 1.90. The van der Waals surface area contributed by atoms with Gasteiger partial charge < -0.3 is 9.26 Å². The Bertz CT molecular complexity index is 626. The summed E-state index contributed by atoms with van der Waals surface area (Å²) in [5, 5.41) is 4.12. The van der Waals surface area contributed by atoms with Crippen LogP contribution in [0.1, 0.15) is 55.3 Å². The summed E-state index contributed by atoms with van der Waals surface area (Å²) in [6, 6.07) is 8.89. The van der Waals surface area contributed by atoms with Crippen LogP contribution in [0.5, 0.6) is 5.75 Å². The lowest BCUT2D eigenvalue weighted by Crippen LogP contribution is -2.23. The van der Waals surface area contributed by atoms with Crippen molar-refractivity contribution in [1.29, 1.82) is 0 Å². The number of likely N-dealkylation sites (tertiary alicyclic amines) is 1. The van der Waals surface area contributed by atoms with Crippen molar-refractivity contribution >= 4 is 0 Å². The highest BCUT2D eigenvalue weighted by Crippen LogP contribution is 2.36. The van der Waals surface area contributed by atoms with Crippen LogP contribution in [0.2, 0.25) is 0 Å². The van der Waals surface area contributed by atoms with E-state index < -0.39 is 0 Å². The van der Waals surface area contributed by atoms with Crippen LogP contribution in [0.3, 0.4) is 0 Å². The number of hydrogen-bond acceptors (Lipinski definition) is 4. The minimum Gasteiger partial charge on any atom is -0.491 e. The van der Waals surface area contributed by atoms with Crippen molar-refractivity contribution in [3.63, 3.8) is 0 Å². The van der Waals surface area contributed by atoms with Crippen LogP contribution < -0.4 is 4.74 Å². The smallest absolute Gasteiger partial charge is 0.138 e. The summed E-state index contributed by atoms with van der Waals surface area (Å²) in [7, 11) is 0. The Hall–Kier alpha value is -1.81. The first-order chi connectivity index (χ1) is 11.0. The van der Waals surface area contributed by atoms with Crippen molar-refractivity contribution in [2.24, 2.45) is 0 Å². The first-order valence-corrected chi connectivity index (χ1v) is 8.47. The molecule has 0 unspecified atom stereocenters. The molecule has 1 aromatic heterocycles. The molecule has 0 N–H and O–H groups in total. The van der Waals surface area contributed by atoms with Gasteiger partial charge in [0.1, 0.15) is 11.5 Å². The number of nitrogens with zero attached hydrogens (tertiary/aromatic N) is 2. The number of aryl methyl sites for hydroxylation is 2. The molecule has 0 saturated carbocycles. The van der Waals surface area contributed by atoms with E-state index in [0.29, 0.717) is 6.04 Å². The molecule has 1 aliphatic rings. The highest BCUT2D eigenvalue weighted by atomic mass is 16.5. The van der Waals surface area contributed by atoms with Crippen LogP contribution in [0.4, 0.5) is 0 Å². The summed E-state index contributed by atoms with van der Waals surface area (Å²) in [4.78, 5) is 2.53. The molecule has 3 rings (SSSR count). The van der Waals surface area contributed by atoms with Crippen molar-refractivity contribution in [2.45, 2.75) is 59.2 Å². The molecule has 0 spiro atoms. The van der Waals surface area contributed by atoms with E-state index in [1.54, 1.807) is 0 Å². The van der Waals surface area contributed by atoms with E-state index in [1.807, 2.05) is 27.7 Å². The molecule has 0 bridgehead atoms. The number of benzene rings is 1.